The molecule has 2 aromatic carbocycles. The number of aryl methyl sites for hydroxylation is 2. The molecule has 0 saturated heterocycles. The molecule has 0 saturated carbocycles. The number of nitrogens with zero attached hydrogens (tertiary/aromatic N) is 1. The van der Waals surface area contributed by atoms with Gasteiger partial charge in [0.1, 0.15) is 5.75 Å². The predicted octanol–water partition coefficient (Wildman–Crippen LogP) is 6.77. The van der Waals surface area contributed by atoms with Crippen molar-refractivity contribution in [3.63, 3.8) is 0 Å². The van der Waals surface area contributed by atoms with Gasteiger partial charge < -0.3 is 15.0 Å². The molecule has 2 heterocycles. The Morgan fingerprint density at radius 3 is 2.61 bits per heavy atom. The summed E-state index contributed by atoms with van der Waals surface area (Å²) in [6, 6.07) is 13.4. The molecule has 1 N–H and O–H groups in total. The normalized spacial score (nSPS) is 15.5. The summed E-state index contributed by atoms with van der Waals surface area (Å²) < 4.78 is 5.34. The molecule has 1 aromatic heterocycles. The van der Waals surface area contributed by atoms with Crippen molar-refractivity contribution in [2.24, 2.45) is 0 Å². The maximum Gasteiger partial charge on any atom is 0.322 e. The highest BCUT2D eigenvalue weighted by atomic mass is 35.5. The fourth-order valence-corrected chi connectivity index (χ4v) is 6.08. The molecular formula is C25H27ClN2O2S. The molecule has 31 heavy (non-hydrogen) atoms. The number of thiophene rings is 1. The summed E-state index contributed by atoms with van der Waals surface area (Å²) in [5, 5.41) is 3.58. The lowest BCUT2D eigenvalue weighted by Crippen LogP contribution is -2.42. The molecule has 4 rings (SSSR count). The molecule has 1 atom stereocenters. The number of hydrogen-bond donors (Lipinski definition) is 1. The molecule has 0 spiro atoms. The van der Waals surface area contributed by atoms with Crippen LogP contribution in [0.1, 0.15) is 45.0 Å². The molecule has 0 radical (unpaired) electrons. The highest BCUT2D eigenvalue weighted by Gasteiger charge is 2.35. The number of amides is 2. The molecule has 1 aliphatic heterocycles. The van der Waals surface area contributed by atoms with Gasteiger partial charge in [0.25, 0.3) is 0 Å². The third kappa shape index (κ3) is 4.17. The van der Waals surface area contributed by atoms with Gasteiger partial charge in [-0.2, -0.15) is 0 Å². The summed E-state index contributed by atoms with van der Waals surface area (Å²) in [5.41, 5.74) is 5.61. The van der Waals surface area contributed by atoms with Crippen molar-refractivity contribution >= 4 is 34.7 Å². The molecule has 162 valence electrons. The lowest BCUT2D eigenvalue weighted by Gasteiger charge is -2.36. The van der Waals surface area contributed by atoms with E-state index in [-0.39, 0.29) is 12.1 Å². The second-order valence-electron chi connectivity index (χ2n) is 7.87. The third-order valence-corrected chi connectivity index (χ3v) is 7.48. The Hall–Kier alpha value is -2.50. The second-order valence-corrected chi connectivity index (χ2v) is 9.53. The van der Waals surface area contributed by atoms with Crippen LogP contribution >= 0.6 is 22.9 Å². The van der Waals surface area contributed by atoms with E-state index in [4.69, 9.17) is 16.3 Å². The Bertz CT molecular complexity index is 1110. The Kier molecular flexibility index (Phi) is 6.26. The first-order valence-electron chi connectivity index (χ1n) is 10.5. The smallest absolute Gasteiger partial charge is 0.322 e. The van der Waals surface area contributed by atoms with Crippen LogP contribution in [0.3, 0.4) is 0 Å². The third-order valence-electron chi connectivity index (χ3n) is 5.92. The van der Waals surface area contributed by atoms with Crippen molar-refractivity contribution in [1.29, 1.82) is 0 Å². The van der Waals surface area contributed by atoms with E-state index in [2.05, 4.69) is 31.3 Å². The Labute approximate surface area is 192 Å². The minimum Gasteiger partial charge on any atom is -0.497 e. The summed E-state index contributed by atoms with van der Waals surface area (Å²) in [7, 11) is 1.66. The molecule has 6 heteroatoms. The second kappa shape index (κ2) is 8.93. The van der Waals surface area contributed by atoms with Gasteiger partial charge in [0.2, 0.25) is 0 Å². The first kappa shape index (κ1) is 21.7. The van der Waals surface area contributed by atoms with Crippen molar-refractivity contribution in [1.82, 2.24) is 4.90 Å². The van der Waals surface area contributed by atoms with Gasteiger partial charge >= 0.3 is 6.03 Å². The number of benzene rings is 2. The number of fused-ring (bicyclic) bond motifs is 1. The van der Waals surface area contributed by atoms with E-state index in [9.17, 15) is 4.79 Å². The zero-order valence-corrected chi connectivity index (χ0v) is 19.9. The number of ether oxygens (including phenoxy) is 1. The quantitative estimate of drug-likeness (QED) is 0.472. The van der Waals surface area contributed by atoms with Gasteiger partial charge in [0.05, 0.1) is 23.9 Å². The molecular weight excluding hydrogens is 428 g/mol. The maximum absolute atomic E-state index is 13.4. The van der Waals surface area contributed by atoms with Crippen molar-refractivity contribution < 1.29 is 9.53 Å². The number of carbonyl (C=O) groups excluding carboxylic acids is 1. The van der Waals surface area contributed by atoms with Gasteiger partial charge in [-0.25, -0.2) is 4.79 Å². The first-order valence-corrected chi connectivity index (χ1v) is 11.7. The molecule has 0 aliphatic carbocycles. The number of halogens is 1. The standard InChI is InChI=1S/C25H27ClN2O2S/c1-5-19-16(3)31-24-20(19)12-13-28(23(24)17-7-9-18(30-4)10-8-17)25(29)27-22-11-6-15(2)14-21(22)26/h6-11,14,23H,5,12-13H2,1-4H3,(H,27,29). The number of anilines is 1. The van der Waals surface area contributed by atoms with E-state index in [0.29, 0.717) is 17.3 Å². The largest absolute Gasteiger partial charge is 0.497 e. The van der Waals surface area contributed by atoms with E-state index >= 15 is 0 Å². The van der Waals surface area contributed by atoms with Gasteiger partial charge in [0.15, 0.2) is 0 Å². The Balaban J connectivity index is 1.73. The molecule has 3 aromatic rings. The van der Waals surface area contributed by atoms with Gasteiger partial charge in [0, 0.05) is 16.3 Å². The van der Waals surface area contributed by atoms with Crippen LogP contribution in [0.4, 0.5) is 10.5 Å². The molecule has 0 fully saturated rings. The van der Waals surface area contributed by atoms with E-state index in [0.717, 1.165) is 29.7 Å². The van der Waals surface area contributed by atoms with Gasteiger partial charge in [-0.15, -0.1) is 11.3 Å². The van der Waals surface area contributed by atoms with Crippen LogP contribution < -0.4 is 10.1 Å². The van der Waals surface area contributed by atoms with Gasteiger partial charge in [-0.3, -0.25) is 0 Å². The van der Waals surface area contributed by atoms with Crippen molar-refractivity contribution in [2.75, 3.05) is 19.0 Å². The van der Waals surface area contributed by atoms with Crippen LogP contribution in [-0.4, -0.2) is 24.6 Å². The van der Waals surface area contributed by atoms with E-state index in [1.807, 2.05) is 53.5 Å². The molecule has 2 amide bonds. The van der Waals surface area contributed by atoms with Crippen molar-refractivity contribution in [2.45, 2.75) is 39.7 Å². The summed E-state index contributed by atoms with van der Waals surface area (Å²) in [6.45, 7) is 7.02. The molecule has 1 aliphatic rings. The maximum atomic E-state index is 13.4. The van der Waals surface area contributed by atoms with E-state index < -0.39 is 0 Å². The van der Waals surface area contributed by atoms with Crippen LogP contribution in [0.15, 0.2) is 42.5 Å². The van der Waals surface area contributed by atoms with Crippen LogP contribution in [0.5, 0.6) is 5.75 Å². The SMILES string of the molecule is CCc1c(C)sc2c1CCN(C(=O)Nc1ccc(C)cc1Cl)C2c1ccc(OC)cc1. The topological polar surface area (TPSA) is 41.6 Å². The molecule has 0 bridgehead atoms. The van der Waals surface area contributed by atoms with E-state index in [1.165, 1.54) is 20.9 Å². The fourth-order valence-electron chi connectivity index (χ4n) is 4.35. The average molecular weight is 455 g/mol. The summed E-state index contributed by atoms with van der Waals surface area (Å²) >= 11 is 8.19. The van der Waals surface area contributed by atoms with Gasteiger partial charge in [-0.1, -0.05) is 36.7 Å². The monoisotopic (exact) mass is 454 g/mol. The Morgan fingerprint density at radius 2 is 1.97 bits per heavy atom. The summed E-state index contributed by atoms with van der Waals surface area (Å²) in [4.78, 5) is 17.9. The number of nitrogens with one attached hydrogen (secondary N) is 1. The lowest BCUT2D eigenvalue weighted by molar-refractivity contribution is 0.195. The van der Waals surface area contributed by atoms with Crippen LogP contribution in [0, 0.1) is 13.8 Å². The fraction of sp³-hybridized carbons (Fsp3) is 0.320. The van der Waals surface area contributed by atoms with Crippen molar-refractivity contribution in [3.8, 4) is 5.75 Å². The van der Waals surface area contributed by atoms with Gasteiger partial charge in [-0.05, 0) is 73.2 Å². The number of carbonyl (C=O) groups is 1. The molecule has 1 unspecified atom stereocenters. The van der Waals surface area contributed by atoms with Crippen LogP contribution in [-0.2, 0) is 12.8 Å². The van der Waals surface area contributed by atoms with Crippen LogP contribution in [0.2, 0.25) is 5.02 Å². The minimum absolute atomic E-state index is 0.136. The number of urea groups is 1. The summed E-state index contributed by atoms with van der Waals surface area (Å²) in [5.74, 6) is 0.804. The van der Waals surface area contributed by atoms with E-state index in [1.54, 1.807) is 7.11 Å². The zero-order chi connectivity index (χ0) is 22.1. The predicted molar refractivity (Wildman–Crippen MR) is 129 cm³/mol. The summed E-state index contributed by atoms with van der Waals surface area (Å²) in [6.07, 6.45) is 1.88. The Morgan fingerprint density at radius 1 is 1.23 bits per heavy atom. The molecule has 4 nitrogen and oxygen atoms in total. The lowest BCUT2D eigenvalue weighted by atomic mass is 9.92. The zero-order valence-electron chi connectivity index (χ0n) is 18.3. The number of hydrogen-bond acceptors (Lipinski definition) is 3. The van der Waals surface area contributed by atoms with Crippen LogP contribution in [0.25, 0.3) is 0 Å². The highest BCUT2D eigenvalue weighted by molar-refractivity contribution is 7.12. The average Bonchev–Trinajstić information content (AvgIpc) is 3.10. The minimum atomic E-state index is -0.138. The number of methoxy groups -OCH3 is 1. The first-order chi connectivity index (χ1) is 14.9. The van der Waals surface area contributed by atoms with Crippen molar-refractivity contribution in [3.05, 3.63) is 79.5 Å². The highest BCUT2D eigenvalue weighted by Crippen LogP contribution is 2.43. The number of rotatable bonds is 4.